The van der Waals surface area contributed by atoms with Gasteiger partial charge in [0.05, 0.1) is 0 Å². The van der Waals surface area contributed by atoms with Gasteiger partial charge in [0.2, 0.25) is 0 Å². The zero-order valence-electron chi connectivity index (χ0n) is 13.8. The SMILES string of the molecule is C=C1Cc2cc3c(C)cc(=O)oc3c(C)c2OCc2ccccc21. The first kappa shape index (κ1) is 14.8. The Bertz CT molecular complexity index is 1040. The minimum absolute atomic E-state index is 0.330. The van der Waals surface area contributed by atoms with E-state index in [0.29, 0.717) is 18.6 Å². The van der Waals surface area contributed by atoms with E-state index in [9.17, 15) is 4.79 Å². The molecule has 3 heteroatoms. The zero-order valence-corrected chi connectivity index (χ0v) is 13.8. The Hall–Kier alpha value is -2.81. The van der Waals surface area contributed by atoms with Crippen LogP contribution in [-0.2, 0) is 13.0 Å². The highest BCUT2D eigenvalue weighted by Crippen LogP contribution is 2.37. The summed E-state index contributed by atoms with van der Waals surface area (Å²) >= 11 is 0. The third-order valence-electron chi connectivity index (χ3n) is 4.67. The molecule has 1 aromatic heterocycles. The lowest BCUT2D eigenvalue weighted by atomic mass is 9.92. The molecule has 24 heavy (non-hydrogen) atoms. The van der Waals surface area contributed by atoms with E-state index in [0.717, 1.165) is 44.5 Å². The summed E-state index contributed by atoms with van der Waals surface area (Å²) in [5, 5.41) is 0.955. The van der Waals surface area contributed by atoms with Crippen LogP contribution in [0.4, 0.5) is 0 Å². The Balaban J connectivity index is 1.95. The highest BCUT2D eigenvalue weighted by Gasteiger charge is 2.20. The second-order valence-corrected chi connectivity index (χ2v) is 6.34. The van der Waals surface area contributed by atoms with Crippen LogP contribution in [0.15, 0.2) is 52.2 Å². The van der Waals surface area contributed by atoms with Gasteiger partial charge in [-0.1, -0.05) is 30.8 Å². The van der Waals surface area contributed by atoms with E-state index in [2.05, 4.69) is 24.8 Å². The van der Waals surface area contributed by atoms with Crippen molar-refractivity contribution in [3.05, 3.63) is 81.2 Å². The van der Waals surface area contributed by atoms with Gasteiger partial charge in [0.15, 0.2) is 0 Å². The number of rotatable bonds is 0. The smallest absolute Gasteiger partial charge is 0.336 e. The van der Waals surface area contributed by atoms with Gasteiger partial charge in [-0.2, -0.15) is 0 Å². The van der Waals surface area contributed by atoms with Crippen molar-refractivity contribution in [1.82, 2.24) is 0 Å². The molecule has 1 aliphatic heterocycles. The minimum Gasteiger partial charge on any atom is -0.488 e. The van der Waals surface area contributed by atoms with E-state index in [-0.39, 0.29) is 5.63 Å². The van der Waals surface area contributed by atoms with Crippen molar-refractivity contribution in [3.63, 3.8) is 0 Å². The Labute approximate surface area is 140 Å². The van der Waals surface area contributed by atoms with Crippen LogP contribution in [0, 0.1) is 13.8 Å². The predicted molar refractivity (Wildman–Crippen MR) is 95.5 cm³/mol. The van der Waals surface area contributed by atoms with Gasteiger partial charge < -0.3 is 9.15 Å². The van der Waals surface area contributed by atoms with E-state index in [4.69, 9.17) is 9.15 Å². The molecule has 3 nitrogen and oxygen atoms in total. The fourth-order valence-corrected chi connectivity index (χ4v) is 3.46. The summed E-state index contributed by atoms with van der Waals surface area (Å²) in [5.41, 5.74) is 6.49. The first-order chi connectivity index (χ1) is 11.5. The number of hydrogen-bond donors (Lipinski definition) is 0. The van der Waals surface area contributed by atoms with Crippen LogP contribution in [0.25, 0.3) is 16.5 Å². The Morgan fingerprint density at radius 3 is 2.71 bits per heavy atom. The van der Waals surface area contributed by atoms with Crippen LogP contribution in [-0.4, -0.2) is 0 Å². The molecular formula is C21H18O3. The van der Waals surface area contributed by atoms with Crippen LogP contribution < -0.4 is 10.4 Å². The molecule has 0 aliphatic carbocycles. The molecule has 0 atom stereocenters. The summed E-state index contributed by atoms with van der Waals surface area (Å²) in [6.45, 7) is 8.62. The molecule has 0 radical (unpaired) electrons. The molecule has 2 heterocycles. The lowest BCUT2D eigenvalue weighted by molar-refractivity contribution is 0.299. The number of aryl methyl sites for hydroxylation is 2. The molecule has 120 valence electrons. The van der Waals surface area contributed by atoms with Crippen LogP contribution >= 0.6 is 0 Å². The van der Waals surface area contributed by atoms with Gasteiger partial charge in [0.25, 0.3) is 0 Å². The Morgan fingerprint density at radius 1 is 1.08 bits per heavy atom. The number of benzene rings is 2. The second-order valence-electron chi connectivity index (χ2n) is 6.34. The predicted octanol–water partition coefficient (Wildman–Crippen LogP) is 4.56. The average Bonchev–Trinajstić information content (AvgIpc) is 2.54. The van der Waals surface area contributed by atoms with E-state index in [1.165, 1.54) is 6.07 Å². The van der Waals surface area contributed by atoms with Gasteiger partial charge in [-0.25, -0.2) is 4.79 Å². The van der Waals surface area contributed by atoms with E-state index in [1.54, 1.807) is 0 Å². The summed E-state index contributed by atoms with van der Waals surface area (Å²) in [5.74, 6) is 0.798. The Kier molecular flexibility index (Phi) is 3.31. The first-order valence-corrected chi connectivity index (χ1v) is 8.00. The van der Waals surface area contributed by atoms with Gasteiger partial charge in [-0.15, -0.1) is 0 Å². The third-order valence-corrected chi connectivity index (χ3v) is 4.67. The fourth-order valence-electron chi connectivity index (χ4n) is 3.46. The van der Waals surface area contributed by atoms with Gasteiger partial charge in [-0.3, -0.25) is 0 Å². The normalized spacial score (nSPS) is 13.7. The van der Waals surface area contributed by atoms with Gasteiger partial charge in [0, 0.05) is 23.4 Å². The van der Waals surface area contributed by atoms with E-state index in [1.807, 2.05) is 26.0 Å². The molecule has 0 unspecified atom stereocenters. The Morgan fingerprint density at radius 2 is 1.88 bits per heavy atom. The summed E-state index contributed by atoms with van der Waals surface area (Å²) in [4.78, 5) is 11.7. The maximum Gasteiger partial charge on any atom is 0.336 e. The van der Waals surface area contributed by atoms with Crippen molar-refractivity contribution in [2.45, 2.75) is 26.9 Å². The van der Waals surface area contributed by atoms with Gasteiger partial charge in [-0.05, 0) is 47.7 Å². The molecule has 4 rings (SSSR count). The lowest BCUT2D eigenvalue weighted by Crippen LogP contribution is -2.09. The number of allylic oxidation sites excluding steroid dienone is 1. The highest BCUT2D eigenvalue weighted by atomic mass is 16.5. The van der Waals surface area contributed by atoms with E-state index < -0.39 is 0 Å². The maximum absolute atomic E-state index is 11.7. The average molecular weight is 318 g/mol. The topological polar surface area (TPSA) is 39.4 Å². The van der Waals surface area contributed by atoms with Crippen molar-refractivity contribution in [2.24, 2.45) is 0 Å². The van der Waals surface area contributed by atoms with Gasteiger partial charge in [0.1, 0.15) is 17.9 Å². The molecule has 0 bridgehead atoms. The molecule has 0 saturated carbocycles. The third kappa shape index (κ3) is 2.24. The van der Waals surface area contributed by atoms with Crippen molar-refractivity contribution < 1.29 is 9.15 Å². The monoisotopic (exact) mass is 318 g/mol. The quantitative estimate of drug-likeness (QED) is 0.571. The molecule has 0 saturated heterocycles. The molecule has 0 fully saturated rings. The molecule has 3 aromatic rings. The zero-order chi connectivity index (χ0) is 16.8. The first-order valence-electron chi connectivity index (χ1n) is 8.00. The molecule has 2 aromatic carbocycles. The summed E-state index contributed by atoms with van der Waals surface area (Å²) in [6, 6.07) is 11.8. The van der Waals surface area contributed by atoms with Crippen molar-refractivity contribution in [3.8, 4) is 5.75 Å². The minimum atomic E-state index is -0.330. The number of fused-ring (bicyclic) bond motifs is 3. The molecular weight excluding hydrogens is 300 g/mol. The largest absolute Gasteiger partial charge is 0.488 e. The lowest BCUT2D eigenvalue weighted by Gasteiger charge is -2.22. The molecule has 0 spiro atoms. The fraction of sp³-hybridized carbons (Fsp3) is 0.190. The summed E-state index contributed by atoms with van der Waals surface area (Å²) in [6.07, 6.45) is 0.710. The van der Waals surface area contributed by atoms with Crippen LogP contribution in [0.2, 0.25) is 0 Å². The summed E-state index contributed by atoms with van der Waals surface area (Å²) in [7, 11) is 0. The van der Waals surface area contributed by atoms with Gasteiger partial charge >= 0.3 is 5.63 Å². The maximum atomic E-state index is 11.7. The van der Waals surface area contributed by atoms with Crippen molar-refractivity contribution in [2.75, 3.05) is 0 Å². The molecule has 1 aliphatic rings. The summed E-state index contributed by atoms with van der Waals surface area (Å²) < 4.78 is 11.6. The molecule has 0 N–H and O–H groups in total. The standard InChI is InChI=1S/C21H18O3/c1-12-8-16-10-18-13(2)9-19(22)24-21(18)14(3)20(16)23-11-15-6-4-5-7-17(12)15/h4-7,9-10H,1,8,11H2,2-3H3. The molecule has 0 amide bonds. The van der Waals surface area contributed by atoms with Crippen LogP contribution in [0.5, 0.6) is 5.75 Å². The number of hydrogen-bond acceptors (Lipinski definition) is 3. The second kappa shape index (κ2) is 5.38. The van der Waals surface area contributed by atoms with Crippen LogP contribution in [0.1, 0.15) is 27.8 Å². The highest BCUT2D eigenvalue weighted by molar-refractivity contribution is 5.87. The van der Waals surface area contributed by atoms with E-state index >= 15 is 0 Å². The number of ether oxygens (including phenoxy) is 1. The van der Waals surface area contributed by atoms with Crippen molar-refractivity contribution >= 4 is 16.5 Å². The van der Waals surface area contributed by atoms with Crippen LogP contribution in [0.3, 0.4) is 0 Å². The van der Waals surface area contributed by atoms with Crippen molar-refractivity contribution in [1.29, 1.82) is 0 Å².